The molecule has 2 heterocycles. The Bertz CT molecular complexity index is 839. The Hall–Kier alpha value is -2.53. The van der Waals surface area contributed by atoms with Gasteiger partial charge in [-0.15, -0.1) is 0 Å². The normalized spacial score (nSPS) is 18.3. The van der Waals surface area contributed by atoms with Crippen LogP contribution in [0.2, 0.25) is 5.02 Å². The number of carbonyl (C=O) groups is 1. The molecule has 3 N–H and O–H groups in total. The zero-order chi connectivity index (χ0) is 17.4. The maximum atomic E-state index is 12.6. The summed E-state index contributed by atoms with van der Waals surface area (Å²) in [6.45, 7) is 1.26. The fraction of sp³-hybridized carbons (Fsp3) is 0.263. The van der Waals surface area contributed by atoms with Crippen LogP contribution >= 0.6 is 11.6 Å². The largest absolute Gasteiger partial charge is 0.383 e. The second kappa shape index (κ2) is 6.08. The van der Waals surface area contributed by atoms with Gasteiger partial charge >= 0.3 is 0 Å². The van der Waals surface area contributed by atoms with E-state index in [2.05, 4.69) is 5.32 Å². The molecule has 0 unspecified atom stereocenters. The zero-order valence-corrected chi connectivity index (χ0v) is 14.5. The molecular weight excluding hydrogens is 336 g/mol. The maximum absolute atomic E-state index is 12.6. The summed E-state index contributed by atoms with van der Waals surface area (Å²) in [4.78, 5) is 19.2. The summed E-state index contributed by atoms with van der Waals surface area (Å²) in [5, 5.41) is 4.16. The van der Waals surface area contributed by atoms with Gasteiger partial charge in [0.15, 0.2) is 0 Å². The van der Waals surface area contributed by atoms with Gasteiger partial charge in [0.05, 0.1) is 0 Å². The van der Waals surface area contributed by atoms with Gasteiger partial charge in [-0.05, 0) is 36.4 Å². The summed E-state index contributed by atoms with van der Waals surface area (Å²) in [5.74, 6) is 0.589. The molecule has 2 aliphatic rings. The molecule has 0 bridgehead atoms. The summed E-state index contributed by atoms with van der Waals surface area (Å²) in [7, 11) is 0. The lowest BCUT2D eigenvalue weighted by Gasteiger charge is -2.42. The zero-order valence-electron chi connectivity index (χ0n) is 13.7. The Balaban J connectivity index is 1.49. The van der Waals surface area contributed by atoms with E-state index in [4.69, 9.17) is 22.3 Å². The van der Waals surface area contributed by atoms with Crippen molar-refractivity contribution in [1.29, 1.82) is 0 Å². The first-order valence-corrected chi connectivity index (χ1v) is 8.72. The molecule has 5 nitrogen and oxygen atoms in total. The number of hydrogen-bond donors (Lipinski definition) is 2. The van der Waals surface area contributed by atoms with Crippen LogP contribution in [0, 0.1) is 0 Å². The minimum Gasteiger partial charge on any atom is -0.383 e. The van der Waals surface area contributed by atoms with Crippen molar-refractivity contribution in [2.24, 2.45) is 10.7 Å². The average Bonchev–Trinajstić information content (AvgIpc) is 2.62. The second-order valence-electron chi connectivity index (χ2n) is 6.50. The molecule has 1 amide bonds. The molecule has 0 aromatic heterocycles. The van der Waals surface area contributed by atoms with Crippen LogP contribution in [0.15, 0.2) is 53.5 Å². The molecule has 0 radical (unpaired) electrons. The number of nitrogens with zero attached hydrogens (tertiary/aromatic N) is 2. The van der Waals surface area contributed by atoms with Gasteiger partial charge < -0.3 is 16.0 Å². The molecule has 25 heavy (non-hydrogen) atoms. The van der Waals surface area contributed by atoms with Crippen molar-refractivity contribution in [2.75, 3.05) is 18.4 Å². The van der Waals surface area contributed by atoms with Gasteiger partial charge in [-0.3, -0.25) is 4.79 Å². The highest BCUT2D eigenvalue weighted by Crippen LogP contribution is 2.34. The number of aliphatic imine (C=N–C) groups is 1. The molecule has 0 atom stereocenters. The monoisotopic (exact) mass is 354 g/mol. The van der Waals surface area contributed by atoms with E-state index in [0.717, 1.165) is 24.1 Å². The Kier molecular flexibility index (Phi) is 3.88. The quantitative estimate of drug-likeness (QED) is 0.826. The molecule has 0 aliphatic carbocycles. The van der Waals surface area contributed by atoms with E-state index in [1.807, 2.05) is 29.2 Å². The van der Waals surface area contributed by atoms with Crippen molar-refractivity contribution in [2.45, 2.75) is 18.5 Å². The van der Waals surface area contributed by atoms with E-state index in [1.165, 1.54) is 0 Å². The standard InChI is InChI=1S/C19H19ClN4O/c20-14-7-5-13(6-8-14)18(25)24-11-9-19(10-12-24)22-16-4-2-1-3-15(16)17(21)23-19/h1-8,22H,9-12H2,(H2,21,23). The van der Waals surface area contributed by atoms with Crippen LogP contribution in [0.4, 0.5) is 5.69 Å². The third-order valence-electron chi connectivity index (χ3n) is 4.87. The number of piperidine rings is 1. The first-order valence-electron chi connectivity index (χ1n) is 8.34. The number of para-hydroxylation sites is 1. The number of hydrogen-bond acceptors (Lipinski definition) is 4. The topological polar surface area (TPSA) is 70.7 Å². The van der Waals surface area contributed by atoms with Crippen LogP contribution in [0.25, 0.3) is 0 Å². The Labute approximate surface area is 151 Å². The van der Waals surface area contributed by atoms with Crippen LogP contribution in [0.5, 0.6) is 0 Å². The van der Waals surface area contributed by atoms with Gasteiger partial charge in [-0.1, -0.05) is 23.7 Å². The van der Waals surface area contributed by atoms with Crippen LogP contribution < -0.4 is 11.1 Å². The van der Waals surface area contributed by atoms with Gasteiger partial charge in [0.1, 0.15) is 11.5 Å². The van der Waals surface area contributed by atoms with Crippen molar-refractivity contribution in [1.82, 2.24) is 4.90 Å². The molecule has 2 aliphatic heterocycles. The van der Waals surface area contributed by atoms with Gasteiger partial charge in [-0.2, -0.15) is 0 Å². The van der Waals surface area contributed by atoms with Gasteiger partial charge in [0.2, 0.25) is 0 Å². The van der Waals surface area contributed by atoms with E-state index in [9.17, 15) is 4.79 Å². The lowest BCUT2D eigenvalue weighted by Crippen LogP contribution is -2.52. The predicted octanol–water partition coefficient (Wildman–Crippen LogP) is 3.10. The number of anilines is 1. The lowest BCUT2D eigenvalue weighted by atomic mass is 9.93. The number of likely N-dealkylation sites (tertiary alicyclic amines) is 1. The molecular formula is C19H19ClN4O. The molecule has 4 rings (SSSR count). The Morgan fingerprint density at radius 2 is 1.80 bits per heavy atom. The van der Waals surface area contributed by atoms with Gasteiger partial charge in [0.25, 0.3) is 5.91 Å². The van der Waals surface area contributed by atoms with Crippen molar-refractivity contribution < 1.29 is 4.79 Å². The molecule has 1 fully saturated rings. The summed E-state index contributed by atoms with van der Waals surface area (Å²) in [6.07, 6.45) is 1.45. The Morgan fingerprint density at radius 1 is 1.12 bits per heavy atom. The molecule has 6 heteroatoms. The highest BCUT2D eigenvalue weighted by molar-refractivity contribution is 6.30. The number of nitrogens with one attached hydrogen (secondary N) is 1. The smallest absolute Gasteiger partial charge is 0.253 e. The SMILES string of the molecule is NC1=NC2(CCN(C(=O)c3ccc(Cl)cc3)CC2)Nc2ccccc21. The van der Waals surface area contributed by atoms with Gasteiger partial charge in [0, 0.05) is 47.8 Å². The summed E-state index contributed by atoms with van der Waals surface area (Å²) in [6, 6.07) is 14.9. The van der Waals surface area contributed by atoms with Crippen molar-refractivity contribution in [3.8, 4) is 0 Å². The fourth-order valence-electron chi connectivity index (χ4n) is 3.48. The minimum absolute atomic E-state index is 0.0275. The lowest BCUT2D eigenvalue weighted by molar-refractivity contribution is 0.0685. The number of amides is 1. The number of fused-ring (bicyclic) bond motifs is 1. The molecule has 128 valence electrons. The number of carbonyl (C=O) groups excluding carboxylic acids is 1. The molecule has 1 spiro atoms. The first kappa shape index (κ1) is 16.0. The first-order chi connectivity index (χ1) is 12.1. The Morgan fingerprint density at radius 3 is 2.52 bits per heavy atom. The highest BCUT2D eigenvalue weighted by atomic mass is 35.5. The van der Waals surface area contributed by atoms with Crippen molar-refractivity contribution >= 4 is 29.0 Å². The third kappa shape index (κ3) is 2.96. The maximum Gasteiger partial charge on any atom is 0.253 e. The van der Waals surface area contributed by atoms with Crippen molar-refractivity contribution in [3.05, 3.63) is 64.7 Å². The van der Waals surface area contributed by atoms with E-state index < -0.39 is 5.66 Å². The van der Waals surface area contributed by atoms with E-state index in [1.54, 1.807) is 24.3 Å². The second-order valence-corrected chi connectivity index (χ2v) is 6.93. The fourth-order valence-corrected chi connectivity index (χ4v) is 3.60. The summed E-state index contributed by atoms with van der Waals surface area (Å²) in [5.41, 5.74) is 8.35. The van der Waals surface area contributed by atoms with Crippen LogP contribution in [0.1, 0.15) is 28.8 Å². The predicted molar refractivity (Wildman–Crippen MR) is 100 cm³/mol. The summed E-state index contributed by atoms with van der Waals surface area (Å²) < 4.78 is 0. The number of amidine groups is 1. The number of rotatable bonds is 1. The van der Waals surface area contributed by atoms with E-state index >= 15 is 0 Å². The molecule has 1 saturated heterocycles. The van der Waals surface area contributed by atoms with E-state index in [-0.39, 0.29) is 5.91 Å². The molecule has 2 aromatic carbocycles. The third-order valence-corrected chi connectivity index (χ3v) is 5.13. The van der Waals surface area contributed by atoms with Crippen LogP contribution in [-0.2, 0) is 0 Å². The number of benzene rings is 2. The van der Waals surface area contributed by atoms with E-state index in [0.29, 0.717) is 29.5 Å². The minimum atomic E-state index is -0.421. The summed E-state index contributed by atoms with van der Waals surface area (Å²) >= 11 is 5.89. The molecule has 2 aromatic rings. The number of halogens is 1. The highest BCUT2D eigenvalue weighted by Gasteiger charge is 2.38. The van der Waals surface area contributed by atoms with Crippen LogP contribution in [0.3, 0.4) is 0 Å². The van der Waals surface area contributed by atoms with Crippen molar-refractivity contribution in [3.63, 3.8) is 0 Å². The molecule has 0 saturated carbocycles. The van der Waals surface area contributed by atoms with Crippen LogP contribution in [-0.4, -0.2) is 35.4 Å². The average molecular weight is 355 g/mol. The number of nitrogens with two attached hydrogens (primary N) is 1. The van der Waals surface area contributed by atoms with Gasteiger partial charge in [-0.25, -0.2) is 4.99 Å².